The first-order chi connectivity index (χ1) is 17.0. The molecule has 184 valence electrons. The smallest absolute Gasteiger partial charge is 0.320 e. The zero-order valence-corrected chi connectivity index (χ0v) is 19.5. The molecule has 5 N–H and O–H groups in total. The number of pyridine rings is 2. The van der Waals surface area contributed by atoms with Gasteiger partial charge in [0.25, 0.3) is 0 Å². The van der Waals surface area contributed by atoms with Gasteiger partial charge in [0.1, 0.15) is 24.2 Å². The van der Waals surface area contributed by atoms with Crippen LogP contribution in [0.5, 0.6) is 5.88 Å². The van der Waals surface area contributed by atoms with Crippen LogP contribution in [0.1, 0.15) is 12.0 Å². The fourth-order valence-corrected chi connectivity index (χ4v) is 4.48. The summed E-state index contributed by atoms with van der Waals surface area (Å²) in [4.78, 5) is 21.2. The van der Waals surface area contributed by atoms with Crippen molar-refractivity contribution in [3.63, 3.8) is 0 Å². The number of anilines is 3. The molecule has 0 bridgehead atoms. The van der Waals surface area contributed by atoms with Gasteiger partial charge >= 0.3 is 6.03 Å². The Hall–Kier alpha value is -3.70. The average molecular weight is 483 g/mol. The molecule has 0 unspecified atom stereocenters. The number of nitrogens with two attached hydrogens (primary N) is 1. The summed E-state index contributed by atoms with van der Waals surface area (Å²) in [6.45, 7) is 4.01. The number of nitrogen functional groups attached to an aromatic ring is 1. The lowest BCUT2D eigenvalue weighted by Gasteiger charge is -2.30. The summed E-state index contributed by atoms with van der Waals surface area (Å²) in [5, 5.41) is 9.99. The molecule has 0 spiro atoms. The molecule has 2 aromatic heterocycles. The number of rotatable bonds is 4. The van der Waals surface area contributed by atoms with Gasteiger partial charge in [0.05, 0.1) is 18.3 Å². The van der Waals surface area contributed by atoms with E-state index in [1.807, 2.05) is 6.92 Å². The molecule has 35 heavy (non-hydrogen) atoms. The van der Waals surface area contributed by atoms with Crippen molar-refractivity contribution in [1.82, 2.24) is 15.3 Å². The van der Waals surface area contributed by atoms with Crippen LogP contribution < -0.4 is 26.4 Å². The van der Waals surface area contributed by atoms with Gasteiger partial charge in [0.15, 0.2) is 5.82 Å². The van der Waals surface area contributed by atoms with Gasteiger partial charge in [-0.05, 0) is 36.4 Å². The number of ether oxygens (including phenoxy) is 3. The maximum absolute atomic E-state index is 15.3. The third-order valence-corrected chi connectivity index (χ3v) is 6.40. The van der Waals surface area contributed by atoms with E-state index >= 15 is 4.39 Å². The van der Waals surface area contributed by atoms with E-state index in [1.54, 1.807) is 25.4 Å². The van der Waals surface area contributed by atoms with E-state index in [0.29, 0.717) is 66.4 Å². The molecule has 2 aliphatic rings. The number of amides is 2. The Kier molecular flexibility index (Phi) is 6.27. The second-order valence-electron chi connectivity index (χ2n) is 8.54. The number of methoxy groups -OCH3 is 1. The van der Waals surface area contributed by atoms with Crippen molar-refractivity contribution in [3.8, 4) is 17.0 Å². The molecule has 10 nitrogen and oxygen atoms in total. The number of urea groups is 1. The molecule has 11 heteroatoms. The molecule has 1 saturated heterocycles. The number of hydrogen-bond acceptors (Lipinski definition) is 8. The number of carbonyl (C=O) groups excluding carboxylic acids is 1. The van der Waals surface area contributed by atoms with Crippen LogP contribution in [-0.4, -0.2) is 61.6 Å². The summed E-state index contributed by atoms with van der Waals surface area (Å²) in [5.74, 6) is 0.251. The highest BCUT2D eigenvalue weighted by molar-refractivity contribution is 6.00. The Morgan fingerprint density at radius 1 is 1.26 bits per heavy atom. The van der Waals surface area contributed by atoms with Gasteiger partial charge in [-0.1, -0.05) is 0 Å². The quantitative estimate of drug-likeness (QED) is 0.417. The number of aromatic nitrogens is 2. The standard InChI is InChI=1S/C24H27FN6O4/c1-12-15(9-29-23-22(12)27-4-6-35-23)14-7-13-8-19(28-10-16(13)21(26)20(14)25)31-24(32)30-17-3-5-34-11-18(17)33-2/h7-10,17-18,27H,3-6,11,26H2,1-2H3,(H2,28,30,31,32)/t17-,18+/m1/s1. The molecule has 0 radical (unpaired) electrons. The molecule has 2 atom stereocenters. The molecule has 2 amide bonds. The molecule has 0 saturated carbocycles. The number of halogens is 1. The highest BCUT2D eigenvalue weighted by atomic mass is 19.1. The molecular weight excluding hydrogens is 455 g/mol. The summed E-state index contributed by atoms with van der Waals surface area (Å²) >= 11 is 0. The van der Waals surface area contributed by atoms with E-state index < -0.39 is 11.8 Å². The molecule has 2 aliphatic heterocycles. The van der Waals surface area contributed by atoms with Crippen molar-refractivity contribution in [1.29, 1.82) is 0 Å². The molecule has 4 heterocycles. The molecule has 5 rings (SSSR count). The van der Waals surface area contributed by atoms with Crippen LogP contribution in [0.4, 0.5) is 26.4 Å². The number of benzene rings is 1. The molecule has 1 fully saturated rings. The van der Waals surface area contributed by atoms with Crippen LogP contribution in [0.15, 0.2) is 24.5 Å². The lowest BCUT2D eigenvalue weighted by molar-refractivity contribution is -0.0466. The lowest BCUT2D eigenvalue weighted by Crippen LogP contribution is -2.50. The van der Waals surface area contributed by atoms with E-state index in [-0.39, 0.29) is 17.8 Å². The van der Waals surface area contributed by atoms with Gasteiger partial charge in [0, 0.05) is 49.2 Å². The van der Waals surface area contributed by atoms with Gasteiger partial charge in [-0.3, -0.25) is 5.32 Å². The number of fused-ring (bicyclic) bond motifs is 2. The van der Waals surface area contributed by atoms with Crippen LogP contribution in [0, 0.1) is 12.7 Å². The largest absolute Gasteiger partial charge is 0.474 e. The maximum atomic E-state index is 15.3. The van der Waals surface area contributed by atoms with Crippen LogP contribution >= 0.6 is 0 Å². The van der Waals surface area contributed by atoms with Crippen molar-refractivity contribution >= 4 is 34.0 Å². The predicted octanol–water partition coefficient (Wildman–Crippen LogP) is 3.06. The summed E-state index contributed by atoms with van der Waals surface area (Å²) in [6, 6.07) is 2.75. The Balaban J connectivity index is 1.44. The second kappa shape index (κ2) is 9.51. The average Bonchev–Trinajstić information content (AvgIpc) is 2.87. The van der Waals surface area contributed by atoms with Crippen LogP contribution in [0.3, 0.4) is 0 Å². The van der Waals surface area contributed by atoms with E-state index in [2.05, 4.69) is 25.9 Å². The number of nitrogens with one attached hydrogen (secondary N) is 3. The van der Waals surface area contributed by atoms with E-state index in [9.17, 15) is 4.79 Å². The summed E-state index contributed by atoms with van der Waals surface area (Å²) in [6.07, 6.45) is 3.45. The fourth-order valence-electron chi connectivity index (χ4n) is 4.48. The topological polar surface area (TPSA) is 133 Å². The Morgan fingerprint density at radius 3 is 2.94 bits per heavy atom. The van der Waals surface area contributed by atoms with Crippen molar-refractivity contribution in [2.45, 2.75) is 25.5 Å². The van der Waals surface area contributed by atoms with Gasteiger partial charge in [-0.2, -0.15) is 0 Å². The highest BCUT2D eigenvalue weighted by Gasteiger charge is 2.27. The van der Waals surface area contributed by atoms with Crippen LogP contribution in [0.25, 0.3) is 21.9 Å². The van der Waals surface area contributed by atoms with Crippen molar-refractivity contribution in [2.24, 2.45) is 0 Å². The Bertz CT molecular complexity index is 1290. The predicted molar refractivity (Wildman–Crippen MR) is 130 cm³/mol. The first-order valence-corrected chi connectivity index (χ1v) is 11.4. The molecule has 1 aromatic carbocycles. The van der Waals surface area contributed by atoms with Gasteiger partial charge in [-0.15, -0.1) is 0 Å². The third kappa shape index (κ3) is 4.40. The molecule has 0 aliphatic carbocycles. The molecular formula is C24H27FN6O4. The number of hydrogen-bond donors (Lipinski definition) is 4. The van der Waals surface area contributed by atoms with Crippen molar-refractivity contribution < 1.29 is 23.4 Å². The lowest BCUT2D eigenvalue weighted by atomic mass is 9.97. The second-order valence-corrected chi connectivity index (χ2v) is 8.54. The zero-order chi connectivity index (χ0) is 24.5. The fraction of sp³-hybridized carbons (Fsp3) is 0.375. The minimum absolute atomic E-state index is 0.0209. The Labute approximate surface area is 201 Å². The minimum atomic E-state index is -0.551. The first kappa shape index (κ1) is 23.1. The van der Waals surface area contributed by atoms with Crippen LogP contribution in [-0.2, 0) is 9.47 Å². The monoisotopic (exact) mass is 482 g/mol. The van der Waals surface area contributed by atoms with Gasteiger partial charge in [-0.25, -0.2) is 19.2 Å². The van der Waals surface area contributed by atoms with Gasteiger partial charge < -0.3 is 30.6 Å². The van der Waals surface area contributed by atoms with Crippen molar-refractivity contribution in [3.05, 3.63) is 35.9 Å². The van der Waals surface area contributed by atoms with Gasteiger partial charge in [0.2, 0.25) is 5.88 Å². The molecule has 3 aromatic rings. The SMILES string of the molecule is CO[C@H]1COCC[C@H]1NC(=O)Nc1cc2cc(-c3cnc4c(c3C)NCCO4)c(F)c(N)c2cn1. The Morgan fingerprint density at radius 2 is 2.11 bits per heavy atom. The maximum Gasteiger partial charge on any atom is 0.320 e. The van der Waals surface area contributed by atoms with E-state index in [4.69, 9.17) is 19.9 Å². The summed E-state index contributed by atoms with van der Waals surface area (Å²) < 4.78 is 31.7. The normalized spacial score (nSPS) is 19.4. The van der Waals surface area contributed by atoms with E-state index in [0.717, 1.165) is 11.3 Å². The number of nitrogens with zero attached hydrogens (tertiary/aromatic N) is 2. The van der Waals surface area contributed by atoms with Crippen molar-refractivity contribution in [2.75, 3.05) is 49.8 Å². The zero-order valence-electron chi connectivity index (χ0n) is 19.5. The highest BCUT2D eigenvalue weighted by Crippen LogP contribution is 2.39. The minimum Gasteiger partial charge on any atom is -0.474 e. The summed E-state index contributed by atoms with van der Waals surface area (Å²) in [5.41, 5.74) is 8.58. The number of carbonyl (C=O) groups is 1. The first-order valence-electron chi connectivity index (χ1n) is 11.4. The van der Waals surface area contributed by atoms with E-state index in [1.165, 1.54) is 6.20 Å². The summed E-state index contributed by atoms with van der Waals surface area (Å²) in [7, 11) is 1.58. The third-order valence-electron chi connectivity index (χ3n) is 6.40. The van der Waals surface area contributed by atoms with Crippen LogP contribution in [0.2, 0.25) is 0 Å².